The highest BCUT2D eigenvalue weighted by Crippen LogP contribution is 2.31. The number of nitrogens with two attached hydrogens (primary N) is 1. The standard InChI is InChI=1S/C16H23NO/c17-16-7-3-6-13-8-9-14(10-15(13)16)18-11-12-4-1-2-5-12/h8-10,12,16H,1-7,11,17H2/t16-/m0/s1. The normalized spacial score (nSPS) is 23.9. The smallest absolute Gasteiger partial charge is 0.119 e. The summed E-state index contributed by atoms with van der Waals surface area (Å²) >= 11 is 0. The number of fused-ring (bicyclic) bond motifs is 1. The summed E-state index contributed by atoms with van der Waals surface area (Å²) < 4.78 is 5.95. The van der Waals surface area contributed by atoms with E-state index in [-0.39, 0.29) is 6.04 Å². The van der Waals surface area contributed by atoms with E-state index in [0.29, 0.717) is 0 Å². The molecule has 0 aliphatic heterocycles. The van der Waals surface area contributed by atoms with Crippen molar-refractivity contribution in [1.29, 1.82) is 0 Å². The number of benzene rings is 1. The number of rotatable bonds is 3. The predicted molar refractivity (Wildman–Crippen MR) is 73.8 cm³/mol. The molecule has 2 N–H and O–H groups in total. The largest absolute Gasteiger partial charge is 0.493 e. The van der Waals surface area contributed by atoms with Crippen LogP contribution in [0.1, 0.15) is 55.7 Å². The average molecular weight is 245 g/mol. The minimum Gasteiger partial charge on any atom is -0.493 e. The molecule has 2 heteroatoms. The zero-order valence-electron chi connectivity index (χ0n) is 11.0. The molecule has 1 aromatic carbocycles. The van der Waals surface area contributed by atoms with Crippen molar-refractivity contribution in [3.05, 3.63) is 29.3 Å². The van der Waals surface area contributed by atoms with Crippen LogP contribution in [0.3, 0.4) is 0 Å². The van der Waals surface area contributed by atoms with Crippen molar-refractivity contribution in [2.45, 2.75) is 51.0 Å². The Kier molecular flexibility index (Phi) is 3.55. The molecule has 0 saturated heterocycles. The van der Waals surface area contributed by atoms with Gasteiger partial charge >= 0.3 is 0 Å². The molecule has 2 aliphatic rings. The molecule has 1 aromatic rings. The number of hydrogen-bond acceptors (Lipinski definition) is 2. The van der Waals surface area contributed by atoms with Gasteiger partial charge in [-0.1, -0.05) is 18.9 Å². The van der Waals surface area contributed by atoms with Crippen LogP contribution in [-0.2, 0) is 6.42 Å². The minimum absolute atomic E-state index is 0.212. The summed E-state index contributed by atoms with van der Waals surface area (Å²) in [6, 6.07) is 6.71. The molecule has 1 atom stereocenters. The third-order valence-corrected chi connectivity index (χ3v) is 4.44. The van der Waals surface area contributed by atoms with Gasteiger partial charge in [-0.15, -0.1) is 0 Å². The molecular weight excluding hydrogens is 222 g/mol. The fraction of sp³-hybridized carbons (Fsp3) is 0.625. The molecule has 1 saturated carbocycles. The van der Waals surface area contributed by atoms with Crippen LogP contribution in [0, 0.1) is 5.92 Å². The average Bonchev–Trinajstić information content (AvgIpc) is 2.90. The van der Waals surface area contributed by atoms with Crippen molar-refractivity contribution in [2.75, 3.05) is 6.61 Å². The Morgan fingerprint density at radius 1 is 1.11 bits per heavy atom. The zero-order valence-corrected chi connectivity index (χ0v) is 11.0. The van der Waals surface area contributed by atoms with Crippen molar-refractivity contribution in [3.63, 3.8) is 0 Å². The summed E-state index contributed by atoms with van der Waals surface area (Å²) in [6.07, 6.45) is 8.93. The van der Waals surface area contributed by atoms with Crippen LogP contribution < -0.4 is 10.5 Å². The molecule has 3 rings (SSSR count). The lowest BCUT2D eigenvalue weighted by molar-refractivity contribution is 0.251. The molecule has 0 radical (unpaired) electrons. The molecular formula is C16H23NO. The Morgan fingerprint density at radius 3 is 2.78 bits per heavy atom. The van der Waals surface area contributed by atoms with E-state index in [9.17, 15) is 0 Å². The second-order valence-corrected chi connectivity index (χ2v) is 5.82. The van der Waals surface area contributed by atoms with E-state index in [1.165, 1.54) is 49.7 Å². The van der Waals surface area contributed by atoms with E-state index in [1.54, 1.807) is 0 Å². The molecule has 0 heterocycles. The van der Waals surface area contributed by atoms with Crippen molar-refractivity contribution < 1.29 is 4.74 Å². The van der Waals surface area contributed by atoms with E-state index in [4.69, 9.17) is 10.5 Å². The van der Waals surface area contributed by atoms with Gasteiger partial charge in [-0.2, -0.15) is 0 Å². The molecule has 0 spiro atoms. The fourth-order valence-corrected chi connectivity index (χ4v) is 3.29. The number of ether oxygens (including phenoxy) is 1. The van der Waals surface area contributed by atoms with Gasteiger partial charge in [-0.3, -0.25) is 0 Å². The molecule has 0 amide bonds. The summed E-state index contributed by atoms with van der Waals surface area (Å²) in [7, 11) is 0. The van der Waals surface area contributed by atoms with Gasteiger partial charge in [-0.05, 0) is 61.3 Å². The second-order valence-electron chi connectivity index (χ2n) is 5.82. The Balaban J connectivity index is 1.67. The lowest BCUT2D eigenvalue weighted by Crippen LogP contribution is -2.17. The van der Waals surface area contributed by atoms with Crippen molar-refractivity contribution >= 4 is 0 Å². The first-order chi connectivity index (χ1) is 8.83. The van der Waals surface area contributed by atoms with E-state index < -0.39 is 0 Å². The zero-order chi connectivity index (χ0) is 12.4. The summed E-state index contributed by atoms with van der Waals surface area (Å²) in [5.41, 5.74) is 8.91. The van der Waals surface area contributed by atoms with Gasteiger partial charge in [0.1, 0.15) is 5.75 Å². The Bertz CT molecular complexity index is 410. The first-order valence-corrected chi connectivity index (χ1v) is 7.34. The van der Waals surface area contributed by atoms with Crippen LogP contribution in [-0.4, -0.2) is 6.61 Å². The third-order valence-electron chi connectivity index (χ3n) is 4.44. The van der Waals surface area contributed by atoms with Crippen LogP contribution in [0.2, 0.25) is 0 Å². The summed E-state index contributed by atoms with van der Waals surface area (Å²) in [6.45, 7) is 0.883. The summed E-state index contributed by atoms with van der Waals surface area (Å²) in [5, 5.41) is 0. The molecule has 1 fully saturated rings. The maximum Gasteiger partial charge on any atom is 0.119 e. The maximum atomic E-state index is 6.18. The second kappa shape index (κ2) is 5.31. The number of aryl methyl sites for hydroxylation is 1. The first kappa shape index (κ1) is 12.0. The Morgan fingerprint density at radius 2 is 1.94 bits per heavy atom. The third kappa shape index (κ3) is 2.54. The van der Waals surface area contributed by atoms with Gasteiger partial charge in [0.15, 0.2) is 0 Å². The molecule has 98 valence electrons. The van der Waals surface area contributed by atoms with Crippen LogP contribution in [0.5, 0.6) is 5.75 Å². The van der Waals surface area contributed by atoms with Gasteiger partial charge in [0.25, 0.3) is 0 Å². The van der Waals surface area contributed by atoms with E-state index in [0.717, 1.165) is 24.7 Å². The highest BCUT2D eigenvalue weighted by Gasteiger charge is 2.18. The topological polar surface area (TPSA) is 35.2 Å². The Hall–Kier alpha value is -1.02. The Labute approximate surface area is 110 Å². The quantitative estimate of drug-likeness (QED) is 0.883. The molecule has 0 aromatic heterocycles. The van der Waals surface area contributed by atoms with Gasteiger partial charge in [-0.25, -0.2) is 0 Å². The molecule has 2 nitrogen and oxygen atoms in total. The predicted octanol–water partition coefficient (Wildman–Crippen LogP) is 3.59. The SMILES string of the molecule is N[C@H]1CCCc2ccc(OCC3CCCC3)cc21. The monoisotopic (exact) mass is 245 g/mol. The minimum atomic E-state index is 0.212. The molecule has 18 heavy (non-hydrogen) atoms. The summed E-state index contributed by atoms with van der Waals surface area (Å²) in [4.78, 5) is 0. The highest BCUT2D eigenvalue weighted by molar-refractivity contribution is 5.39. The van der Waals surface area contributed by atoms with E-state index >= 15 is 0 Å². The van der Waals surface area contributed by atoms with Crippen LogP contribution in [0.25, 0.3) is 0 Å². The van der Waals surface area contributed by atoms with Gasteiger partial charge < -0.3 is 10.5 Å². The van der Waals surface area contributed by atoms with E-state index in [1.807, 2.05) is 0 Å². The van der Waals surface area contributed by atoms with Crippen LogP contribution in [0.4, 0.5) is 0 Å². The van der Waals surface area contributed by atoms with E-state index in [2.05, 4.69) is 18.2 Å². The van der Waals surface area contributed by atoms with Crippen molar-refractivity contribution in [1.82, 2.24) is 0 Å². The summed E-state index contributed by atoms with van der Waals surface area (Å²) in [5.74, 6) is 1.78. The van der Waals surface area contributed by atoms with Gasteiger partial charge in [0.2, 0.25) is 0 Å². The molecule has 0 unspecified atom stereocenters. The molecule has 2 aliphatic carbocycles. The van der Waals surface area contributed by atoms with Crippen molar-refractivity contribution in [2.24, 2.45) is 11.7 Å². The highest BCUT2D eigenvalue weighted by atomic mass is 16.5. The van der Waals surface area contributed by atoms with Crippen molar-refractivity contribution in [3.8, 4) is 5.75 Å². The number of hydrogen-bond donors (Lipinski definition) is 1. The van der Waals surface area contributed by atoms with Gasteiger partial charge in [0.05, 0.1) is 6.61 Å². The lowest BCUT2D eigenvalue weighted by atomic mass is 9.88. The van der Waals surface area contributed by atoms with Crippen LogP contribution in [0.15, 0.2) is 18.2 Å². The lowest BCUT2D eigenvalue weighted by Gasteiger charge is -2.23. The van der Waals surface area contributed by atoms with Crippen LogP contribution >= 0.6 is 0 Å². The maximum absolute atomic E-state index is 6.18. The molecule has 0 bridgehead atoms. The first-order valence-electron chi connectivity index (χ1n) is 7.34. The fourth-order valence-electron chi connectivity index (χ4n) is 3.29. The van der Waals surface area contributed by atoms with Gasteiger partial charge in [0, 0.05) is 6.04 Å².